The molecule has 2 aromatic heterocycles. The lowest BCUT2D eigenvalue weighted by atomic mass is 10.2. The first-order valence-electron chi connectivity index (χ1n) is 7.70. The number of H-pyrrole nitrogens is 1. The Bertz CT molecular complexity index is 848. The van der Waals surface area contributed by atoms with Crippen LogP contribution < -0.4 is 9.64 Å². The normalized spacial score (nSPS) is 17.6. The molecule has 1 fully saturated rings. The van der Waals surface area contributed by atoms with Crippen LogP contribution in [0.2, 0.25) is 0 Å². The maximum Gasteiger partial charge on any atom is 0.182 e. The van der Waals surface area contributed by atoms with Gasteiger partial charge in [-0.3, -0.25) is 0 Å². The Kier molecular flexibility index (Phi) is 3.72. The number of hydrogen-bond donors (Lipinski definition) is 1. The number of imidazole rings is 1. The van der Waals surface area contributed by atoms with E-state index in [-0.39, 0.29) is 11.8 Å². The number of aromatic amines is 1. The molecule has 1 unspecified atom stereocenters. The summed E-state index contributed by atoms with van der Waals surface area (Å²) >= 11 is 0. The second-order valence-corrected chi connectivity index (χ2v) is 5.70. The fraction of sp³-hybridized carbons (Fsp3) is 0.312. The van der Waals surface area contributed by atoms with Crippen molar-refractivity contribution < 1.29 is 13.5 Å². The van der Waals surface area contributed by atoms with Gasteiger partial charge in [0.2, 0.25) is 0 Å². The predicted molar refractivity (Wildman–Crippen MR) is 83.9 cm³/mol. The van der Waals surface area contributed by atoms with Gasteiger partial charge in [-0.25, -0.2) is 23.7 Å². The first-order valence-corrected chi connectivity index (χ1v) is 7.70. The van der Waals surface area contributed by atoms with Gasteiger partial charge >= 0.3 is 0 Å². The Labute approximate surface area is 136 Å². The highest BCUT2D eigenvalue weighted by atomic mass is 19.1. The van der Waals surface area contributed by atoms with Crippen LogP contribution in [0, 0.1) is 11.6 Å². The lowest BCUT2D eigenvalue weighted by Crippen LogP contribution is -2.35. The fourth-order valence-corrected chi connectivity index (χ4v) is 3.06. The molecule has 1 saturated heterocycles. The minimum absolute atomic E-state index is 0.0673. The minimum atomic E-state index is -0.650. The third-order valence-electron chi connectivity index (χ3n) is 4.13. The standard InChI is InChI=1S/C16H15F2N5O/c17-10-4-11(18)6-13(5-10)24-7-12-2-1-3-23(12)16-14-15(20-8-19-14)21-9-22-16/h4-6,8-9,12H,1-3,7H2,(H,19,20,21,22). The first-order chi connectivity index (χ1) is 11.7. The molecule has 0 amide bonds. The van der Waals surface area contributed by atoms with Crippen molar-refractivity contribution in [3.05, 3.63) is 42.5 Å². The van der Waals surface area contributed by atoms with E-state index < -0.39 is 11.6 Å². The zero-order valence-electron chi connectivity index (χ0n) is 12.7. The van der Waals surface area contributed by atoms with E-state index in [0.717, 1.165) is 36.8 Å². The Morgan fingerprint density at radius 3 is 2.83 bits per heavy atom. The van der Waals surface area contributed by atoms with Crippen LogP contribution in [0.25, 0.3) is 11.2 Å². The summed E-state index contributed by atoms with van der Waals surface area (Å²) in [5.74, 6) is -0.339. The van der Waals surface area contributed by atoms with Crippen molar-refractivity contribution in [2.24, 2.45) is 0 Å². The van der Waals surface area contributed by atoms with Gasteiger partial charge in [-0.2, -0.15) is 0 Å². The third kappa shape index (κ3) is 2.75. The number of nitrogens with zero attached hydrogens (tertiary/aromatic N) is 4. The number of aromatic nitrogens is 4. The molecule has 124 valence electrons. The summed E-state index contributed by atoms with van der Waals surface area (Å²) in [5, 5.41) is 0. The molecule has 0 spiro atoms. The average molecular weight is 331 g/mol. The molecular weight excluding hydrogens is 316 g/mol. The van der Waals surface area contributed by atoms with Crippen LogP contribution in [-0.4, -0.2) is 39.1 Å². The molecule has 0 saturated carbocycles. The van der Waals surface area contributed by atoms with Gasteiger partial charge in [-0.15, -0.1) is 0 Å². The number of hydrogen-bond acceptors (Lipinski definition) is 5. The van der Waals surface area contributed by atoms with Crippen molar-refractivity contribution in [3.8, 4) is 5.75 Å². The number of benzene rings is 1. The smallest absolute Gasteiger partial charge is 0.182 e. The van der Waals surface area contributed by atoms with E-state index in [9.17, 15) is 8.78 Å². The van der Waals surface area contributed by atoms with E-state index in [2.05, 4.69) is 24.8 Å². The summed E-state index contributed by atoms with van der Waals surface area (Å²) in [5.41, 5.74) is 1.39. The van der Waals surface area contributed by atoms with Crippen LogP contribution in [0.5, 0.6) is 5.75 Å². The number of rotatable bonds is 4. The topological polar surface area (TPSA) is 66.9 Å². The van der Waals surface area contributed by atoms with Crippen LogP contribution in [0.3, 0.4) is 0 Å². The highest BCUT2D eigenvalue weighted by Crippen LogP contribution is 2.28. The molecule has 1 aliphatic rings. The molecule has 1 atom stereocenters. The lowest BCUT2D eigenvalue weighted by Gasteiger charge is -2.25. The van der Waals surface area contributed by atoms with E-state index in [1.807, 2.05) is 0 Å². The summed E-state index contributed by atoms with van der Waals surface area (Å²) in [6, 6.07) is 3.25. The van der Waals surface area contributed by atoms with Crippen LogP contribution in [0.1, 0.15) is 12.8 Å². The van der Waals surface area contributed by atoms with Crippen LogP contribution in [0.4, 0.5) is 14.6 Å². The molecule has 1 aliphatic heterocycles. The zero-order chi connectivity index (χ0) is 16.5. The molecule has 6 nitrogen and oxygen atoms in total. The fourth-order valence-electron chi connectivity index (χ4n) is 3.06. The van der Waals surface area contributed by atoms with E-state index in [1.54, 1.807) is 6.33 Å². The number of nitrogens with one attached hydrogen (secondary N) is 1. The summed E-state index contributed by atoms with van der Waals surface area (Å²) < 4.78 is 32.1. The highest BCUT2D eigenvalue weighted by Gasteiger charge is 2.28. The lowest BCUT2D eigenvalue weighted by molar-refractivity contribution is 0.285. The Morgan fingerprint density at radius 1 is 1.17 bits per heavy atom. The van der Waals surface area contributed by atoms with E-state index in [1.165, 1.54) is 18.5 Å². The van der Waals surface area contributed by atoms with Crippen LogP contribution in [0.15, 0.2) is 30.9 Å². The van der Waals surface area contributed by atoms with Crippen molar-refractivity contribution in [1.29, 1.82) is 0 Å². The van der Waals surface area contributed by atoms with Gasteiger partial charge in [0.1, 0.15) is 35.8 Å². The SMILES string of the molecule is Fc1cc(F)cc(OCC2CCCN2c2ncnc3nc[nH]c23)c1. The monoisotopic (exact) mass is 331 g/mol. The van der Waals surface area contributed by atoms with Crippen molar-refractivity contribution in [1.82, 2.24) is 19.9 Å². The van der Waals surface area contributed by atoms with Crippen molar-refractivity contribution >= 4 is 17.0 Å². The molecule has 3 aromatic rings. The largest absolute Gasteiger partial charge is 0.491 e. The van der Waals surface area contributed by atoms with Gasteiger partial charge in [0, 0.05) is 24.7 Å². The second-order valence-electron chi connectivity index (χ2n) is 5.70. The molecule has 0 aliphatic carbocycles. The summed E-state index contributed by atoms with van der Waals surface area (Å²) in [7, 11) is 0. The molecule has 24 heavy (non-hydrogen) atoms. The number of halogens is 2. The Balaban J connectivity index is 1.54. The number of fused-ring (bicyclic) bond motifs is 1. The molecule has 0 radical (unpaired) electrons. The third-order valence-corrected chi connectivity index (χ3v) is 4.13. The maximum absolute atomic E-state index is 13.3. The second kappa shape index (κ2) is 6.03. The van der Waals surface area contributed by atoms with Crippen molar-refractivity contribution in [2.45, 2.75) is 18.9 Å². The maximum atomic E-state index is 13.3. The average Bonchev–Trinajstić information content (AvgIpc) is 3.20. The molecule has 1 N–H and O–H groups in total. The van der Waals surface area contributed by atoms with E-state index >= 15 is 0 Å². The van der Waals surface area contributed by atoms with E-state index in [0.29, 0.717) is 12.3 Å². The molecule has 1 aromatic carbocycles. The highest BCUT2D eigenvalue weighted by molar-refractivity contribution is 5.82. The van der Waals surface area contributed by atoms with Gasteiger partial charge in [0.15, 0.2) is 11.5 Å². The van der Waals surface area contributed by atoms with Gasteiger partial charge in [-0.1, -0.05) is 0 Å². The molecular formula is C16H15F2N5O. The van der Waals surface area contributed by atoms with Gasteiger partial charge < -0.3 is 14.6 Å². The Hall–Kier alpha value is -2.77. The number of anilines is 1. The summed E-state index contributed by atoms with van der Waals surface area (Å²) in [6.07, 6.45) is 4.97. The number of ether oxygens (including phenoxy) is 1. The van der Waals surface area contributed by atoms with Crippen LogP contribution in [-0.2, 0) is 0 Å². The minimum Gasteiger partial charge on any atom is -0.491 e. The van der Waals surface area contributed by atoms with E-state index in [4.69, 9.17) is 4.74 Å². The quantitative estimate of drug-likeness (QED) is 0.796. The first kappa shape index (κ1) is 14.8. The molecule has 0 bridgehead atoms. The predicted octanol–water partition coefficient (Wildman–Crippen LogP) is 2.68. The molecule has 3 heterocycles. The van der Waals surface area contributed by atoms with Crippen LogP contribution >= 0.6 is 0 Å². The van der Waals surface area contributed by atoms with Crippen molar-refractivity contribution in [3.63, 3.8) is 0 Å². The molecule has 4 rings (SSSR count). The summed E-state index contributed by atoms with van der Waals surface area (Å²) in [4.78, 5) is 17.8. The van der Waals surface area contributed by atoms with Gasteiger partial charge in [-0.05, 0) is 12.8 Å². The van der Waals surface area contributed by atoms with Crippen molar-refractivity contribution in [2.75, 3.05) is 18.1 Å². The van der Waals surface area contributed by atoms with Gasteiger partial charge in [0.25, 0.3) is 0 Å². The zero-order valence-corrected chi connectivity index (χ0v) is 12.7. The van der Waals surface area contributed by atoms with Gasteiger partial charge in [0.05, 0.1) is 12.4 Å². The summed E-state index contributed by atoms with van der Waals surface area (Å²) in [6.45, 7) is 1.15. The molecule has 8 heteroatoms. The Morgan fingerprint density at radius 2 is 2.00 bits per heavy atom.